The number of nitrogens with zero attached hydrogens (tertiary/aromatic N) is 3. The third-order valence-electron chi connectivity index (χ3n) is 7.33. The maximum atomic E-state index is 12.0. The van der Waals surface area contributed by atoms with Gasteiger partial charge in [-0.1, -0.05) is 37.6 Å². The van der Waals surface area contributed by atoms with Crippen LogP contribution in [-0.2, 0) is 4.79 Å². The number of anilines is 2. The van der Waals surface area contributed by atoms with Gasteiger partial charge in [-0.05, 0) is 61.6 Å². The number of rotatable bonds is 5. The molecule has 5 nitrogen and oxygen atoms in total. The van der Waals surface area contributed by atoms with Crippen molar-refractivity contribution in [1.29, 1.82) is 0 Å². The van der Waals surface area contributed by atoms with E-state index in [9.17, 15) is 4.79 Å². The predicted octanol–water partition coefficient (Wildman–Crippen LogP) is 5.38. The van der Waals surface area contributed by atoms with Crippen LogP contribution in [0.3, 0.4) is 0 Å². The Morgan fingerprint density at radius 3 is 2.63 bits per heavy atom. The number of carbonyl (C=O) groups excluding carboxylic acids is 1. The maximum Gasteiger partial charge on any atom is 0.227 e. The van der Waals surface area contributed by atoms with E-state index in [0.29, 0.717) is 5.41 Å². The molecule has 2 heterocycles. The second-order valence-electron chi connectivity index (χ2n) is 9.25. The Morgan fingerprint density at radius 1 is 1.13 bits per heavy atom. The Balaban J connectivity index is 1.19. The van der Waals surface area contributed by atoms with E-state index >= 15 is 0 Å². The van der Waals surface area contributed by atoms with Crippen LogP contribution in [0.15, 0.2) is 46.6 Å². The largest absolute Gasteiger partial charge is 0.355 e. The third-order valence-corrected chi connectivity index (χ3v) is 8.24. The van der Waals surface area contributed by atoms with Crippen molar-refractivity contribution in [2.75, 3.05) is 23.3 Å². The van der Waals surface area contributed by atoms with E-state index in [4.69, 9.17) is 4.98 Å². The zero-order valence-electron chi connectivity index (χ0n) is 17.6. The Morgan fingerprint density at radius 2 is 1.97 bits per heavy atom. The SMILES string of the molecule is C[C@@H]1CCCC12CCN(c1cnc(Sc3cccc(NC(=O)C4CC4)c3)cn1)CC2. The van der Waals surface area contributed by atoms with Crippen LogP contribution in [-0.4, -0.2) is 29.0 Å². The molecule has 0 bridgehead atoms. The summed E-state index contributed by atoms with van der Waals surface area (Å²) in [6.07, 6.45) is 12.6. The van der Waals surface area contributed by atoms with Crippen molar-refractivity contribution in [3.05, 3.63) is 36.7 Å². The van der Waals surface area contributed by atoms with E-state index in [-0.39, 0.29) is 11.8 Å². The first-order valence-electron chi connectivity index (χ1n) is 11.3. The second-order valence-corrected chi connectivity index (χ2v) is 10.3. The number of nitrogens with one attached hydrogen (secondary N) is 1. The van der Waals surface area contributed by atoms with Crippen molar-refractivity contribution in [3.8, 4) is 0 Å². The monoisotopic (exact) mass is 422 g/mol. The normalized spacial score (nSPS) is 23.0. The predicted molar refractivity (Wildman–Crippen MR) is 121 cm³/mol. The van der Waals surface area contributed by atoms with Gasteiger partial charge in [-0.3, -0.25) is 4.79 Å². The molecule has 6 heteroatoms. The molecule has 0 unspecified atom stereocenters. The van der Waals surface area contributed by atoms with Crippen LogP contribution < -0.4 is 10.2 Å². The van der Waals surface area contributed by atoms with E-state index in [0.717, 1.165) is 53.3 Å². The lowest BCUT2D eigenvalue weighted by atomic mass is 9.71. The summed E-state index contributed by atoms with van der Waals surface area (Å²) < 4.78 is 0. The standard InChI is InChI=1S/C24H30N4OS/c1-17-4-3-9-24(17)10-12-28(13-11-24)21-15-26-22(16-25-21)30-20-6-2-5-19(14-20)27-23(29)18-7-8-18/h2,5-6,14-18H,3-4,7-13H2,1H3,(H,27,29)/t17-/m1/s1. The second kappa shape index (κ2) is 8.22. The maximum absolute atomic E-state index is 12.0. The minimum atomic E-state index is 0.136. The summed E-state index contributed by atoms with van der Waals surface area (Å²) in [4.78, 5) is 24.8. The van der Waals surface area contributed by atoms with Gasteiger partial charge in [-0.15, -0.1) is 0 Å². The van der Waals surface area contributed by atoms with E-state index in [1.807, 2.05) is 36.7 Å². The Kier molecular flexibility index (Phi) is 5.44. The van der Waals surface area contributed by atoms with Gasteiger partial charge in [-0.25, -0.2) is 9.97 Å². The average molecular weight is 423 g/mol. The molecule has 1 atom stereocenters. The van der Waals surface area contributed by atoms with E-state index < -0.39 is 0 Å². The molecule has 1 N–H and O–H groups in total. The summed E-state index contributed by atoms with van der Waals surface area (Å²) in [7, 11) is 0. The molecule has 3 aliphatic rings. The van der Waals surface area contributed by atoms with Crippen molar-refractivity contribution in [3.63, 3.8) is 0 Å². The lowest BCUT2D eigenvalue weighted by Crippen LogP contribution is -2.41. The van der Waals surface area contributed by atoms with Crippen molar-refractivity contribution in [2.45, 2.75) is 61.8 Å². The molecule has 5 rings (SSSR count). The lowest BCUT2D eigenvalue weighted by Gasteiger charge is -2.42. The molecular formula is C24H30N4OS. The third kappa shape index (κ3) is 4.20. The molecular weight excluding hydrogens is 392 g/mol. The van der Waals surface area contributed by atoms with E-state index in [2.05, 4.69) is 22.1 Å². The van der Waals surface area contributed by atoms with Crippen molar-refractivity contribution < 1.29 is 4.79 Å². The van der Waals surface area contributed by atoms with Crippen molar-refractivity contribution >= 4 is 29.2 Å². The highest BCUT2D eigenvalue weighted by Gasteiger charge is 2.42. The highest BCUT2D eigenvalue weighted by molar-refractivity contribution is 7.99. The summed E-state index contributed by atoms with van der Waals surface area (Å²) in [6, 6.07) is 7.96. The molecule has 1 aromatic carbocycles. The molecule has 0 radical (unpaired) electrons. The molecule has 1 saturated heterocycles. The van der Waals surface area contributed by atoms with Gasteiger partial charge in [0.1, 0.15) is 10.8 Å². The molecule has 30 heavy (non-hydrogen) atoms. The van der Waals surface area contributed by atoms with Gasteiger partial charge < -0.3 is 10.2 Å². The summed E-state index contributed by atoms with van der Waals surface area (Å²) in [5, 5.41) is 3.89. The lowest BCUT2D eigenvalue weighted by molar-refractivity contribution is -0.117. The average Bonchev–Trinajstić information content (AvgIpc) is 3.55. The molecule has 1 amide bonds. The number of carbonyl (C=O) groups is 1. The van der Waals surface area contributed by atoms with Gasteiger partial charge in [0.05, 0.1) is 12.4 Å². The van der Waals surface area contributed by atoms with Crippen LogP contribution in [0, 0.1) is 17.3 Å². The molecule has 2 aliphatic carbocycles. The van der Waals surface area contributed by atoms with Crippen LogP contribution in [0.25, 0.3) is 0 Å². The van der Waals surface area contributed by atoms with Crippen molar-refractivity contribution in [1.82, 2.24) is 9.97 Å². The smallest absolute Gasteiger partial charge is 0.227 e. The first-order chi connectivity index (χ1) is 14.6. The van der Waals surface area contributed by atoms with Gasteiger partial charge in [0.2, 0.25) is 5.91 Å². The van der Waals surface area contributed by atoms with Gasteiger partial charge in [0, 0.05) is 29.6 Å². The van der Waals surface area contributed by atoms with E-state index in [1.54, 1.807) is 11.8 Å². The van der Waals surface area contributed by atoms with Gasteiger partial charge in [0.25, 0.3) is 0 Å². The van der Waals surface area contributed by atoms with Crippen molar-refractivity contribution in [2.24, 2.45) is 17.3 Å². The fourth-order valence-corrected chi connectivity index (χ4v) is 5.89. The number of piperidine rings is 1. The molecule has 1 aliphatic heterocycles. The molecule has 2 saturated carbocycles. The van der Waals surface area contributed by atoms with Crippen LogP contribution in [0.2, 0.25) is 0 Å². The van der Waals surface area contributed by atoms with Crippen LogP contribution >= 0.6 is 11.8 Å². The highest BCUT2D eigenvalue weighted by Crippen LogP contribution is 2.50. The number of amides is 1. The number of aromatic nitrogens is 2. The summed E-state index contributed by atoms with van der Waals surface area (Å²) in [5.41, 5.74) is 1.43. The summed E-state index contributed by atoms with van der Waals surface area (Å²) in [5.74, 6) is 2.21. The number of benzene rings is 1. The van der Waals surface area contributed by atoms with Crippen LogP contribution in [0.5, 0.6) is 0 Å². The highest BCUT2D eigenvalue weighted by atomic mass is 32.2. The minimum absolute atomic E-state index is 0.136. The molecule has 1 spiro atoms. The zero-order valence-corrected chi connectivity index (χ0v) is 18.5. The topological polar surface area (TPSA) is 58.1 Å². The minimum Gasteiger partial charge on any atom is -0.355 e. The Labute approximate surface area is 183 Å². The Hall–Kier alpha value is -2.08. The quantitative estimate of drug-likeness (QED) is 0.701. The van der Waals surface area contributed by atoms with Crippen LogP contribution in [0.1, 0.15) is 51.9 Å². The fourth-order valence-electron chi connectivity index (χ4n) is 5.11. The molecule has 1 aromatic heterocycles. The molecule has 3 fully saturated rings. The van der Waals surface area contributed by atoms with Gasteiger partial charge >= 0.3 is 0 Å². The summed E-state index contributed by atoms with van der Waals surface area (Å²) >= 11 is 1.58. The fraction of sp³-hybridized carbons (Fsp3) is 0.542. The summed E-state index contributed by atoms with van der Waals surface area (Å²) in [6.45, 7) is 4.63. The van der Waals surface area contributed by atoms with Crippen LogP contribution in [0.4, 0.5) is 11.5 Å². The van der Waals surface area contributed by atoms with E-state index in [1.165, 1.54) is 32.1 Å². The Bertz CT molecular complexity index is 904. The first-order valence-corrected chi connectivity index (χ1v) is 12.1. The zero-order chi connectivity index (χ0) is 20.6. The number of hydrogen-bond donors (Lipinski definition) is 1. The molecule has 158 valence electrons. The molecule has 2 aromatic rings. The van der Waals surface area contributed by atoms with Gasteiger partial charge in [0.15, 0.2) is 0 Å². The number of hydrogen-bond acceptors (Lipinski definition) is 5. The van der Waals surface area contributed by atoms with Gasteiger partial charge in [-0.2, -0.15) is 0 Å². The first kappa shape index (κ1) is 19.9.